The second kappa shape index (κ2) is 7.75. The van der Waals surface area contributed by atoms with Crippen LogP contribution >= 0.6 is 11.6 Å². The van der Waals surface area contributed by atoms with Crippen LogP contribution in [0.2, 0.25) is 5.02 Å². The summed E-state index contributed by atoms with van der Waals surface area (Å²) in [5, 5.41) is 6.57. The molecular formula is C17H15ClF2N4O3. The van der Waals surface area contributed by atoms with Crippen molar-refractivity contribution >= 4 is 34.4 Å². The van der Waals surface area contributed by atoms with Gasteiger partial charge >= 0.3 is 0 Å². The number of methoxy groups -OCH3 is 1. The summed E-state index contributed by atoms with van der Waals surface area (Å²) in [5.41, 5.74) is 6.43. The van der Waals surface area contributed by atoms with Crippen molar-refractivity contribution in [3.05, 3.63) is 46.6 Å². The number of benzene rings is 1. The van der Waals surface area contributed by atoms with Gasteiger partial charge in [-0.2, -0.15) is 0 Å². The molecule has 0 aliphatic carbocycles. The molecule has 3 aromatic rings. The number of hydrogen-bond donors (Lipinski definition) is 2. The third-order valence-corrected chi connectivity index (χ3v) is 4.18. The number of carbonyl (C=O) groups excluding carboxylic acids is 1. The highest BCUT2D eigenvalue weighted by Crippen LogP contribution is 2.30. The highest BCUT2D eigenvalue weighted by Gasteiger charge is 2.28. The molecule has 7 nitrogen and oxygen atoms in total. The number of ether oxygens (including phenoxy) is 1. The molecule has 4 rings (SSSR count). The highest BCUT2D eigenvalue weighted by atomic mass is 35.5. The van der Waals surface area contributed by atoms with Crippen LogP contribution < -0.4 is 15.8 Å². The lowest BCUT2D eigenvalue weighted by Crippen LogP contribution is -2.14. The molecule has 2 aromatic heterocycles. The SMILES string of the molecule is COc1cc(F)c(C2CNC(=O)C2)c(F)c1.Nc1noc2cc(Cl)cnc12. The van der Waals surface area contributed by atoms with Crippen LogP contribution in [0.1, 0.15) is 17.9 Å². The molecule has 142 valence electrons. The van der Waals surface area contributed by atoms with Crippen molar-refractivity contribution in [1.82, 2.24) is 15.5 Å². The molecule has 0 bridgehead atoms. The van der Waals surface area contributed by atoms with Gasteiger partial charge in [-0.05, 0) is 0 Å². The molecule has 3 heterocycles. The number of rotatable bonds is 2. The van der Waals surface area contributed by atoms with Gasteiger partial charge < -0.3 is 20.3 Å². The molecule has 1 aliphatic heterocycles. The van der Waals surface area contributed by atoms with Crippen molar-refractivity contribution in [3.63, 3.8) is 0 Å². The minimum Gasteiger partial charge on any atom is -0.497 e. The minimum atomic E-state index is -0.668. The molecule has 1 amide bonds. The van der Waals surface area contributed by atoms with Gasteiger partial charge in [-0.1, -0.05) is 16.8 Å². The summed E-state index contributed by atoms with van der Waals surface area (Å²) in [5.74, 6) is -1.53. The maximum Gasteiger partial charge on any atom is 0.220 e. The lowest BCUT2D eigenvalue weighted by molar-refractivity contribution is -0.119. The summed E-state index contributed by atoms with van der Waals surface area (Å²) >= 11 is 5.64. The molecule has 0 saturated carbocycles. The number of carbonyl (C=O) groups is 1. The summed E-state index contributed by atoms with van der Waals surface area (Å²) in [4.78, 5) is 14.9. The van der Waals surface area contributed by atoms with Crippen LogP contribution in [0, 0.1) is 11.6 Å². The number of fused-ring (bicyclic) bond motifs is 1. The van der Waals surface area contributed by atoms with Crippen molar-refractivity contribution < 1.29 is 22.8 Å². The number of nitrogens with one attached hydrogen (secondary N) is 1. The van der Waals surface area contributed by atoms with Gasteiger partial charge in [0.15, 0.2) is 16.9 Å². The third-order valence-electron chi connectivity index (χ3n) is 3.98. The number of anilines is 1. The zero-order chi connectivity index (χ0) is 19.6. The van der Waals surface area contributed by atoms with Crippen molar-refractivity contribution in [3.8, 4) is 5.75 Å². The van der Waals surface area contributed by atoms with Gasteiger partial charge in [0, 0.05) is 48.8 Å². The van der Waals surface area contributed by atoms with E-state index in [2.05, 4.69) is 15.5 Å². The quantitative estimate of drug-likeness (QED) is 0.690. The number of nitrogens with two attached hydrogens (primary N) is 1. The molecule has 1 aromatic carbocycles. The summed E-state index contributed by atoms with van der Waals surface area (Å²) in [6.07, 6.45) is 1.62. The van der Waals surface area contributed by atoms with Gasteiger partial charge in [-0.3, -0.25) is 4.79 Å². The minimum absolute atomic E-state index is 0.0425. The van der Waals surface area contributed by atoms with Crippen LogP contribution in [0.3, 0.4) is 0 Å². The number of hydrogen-bond acceptors (Lipinski definition) is 6. The summed E-state index contributed by atoms with van der Waals surface area (Å²) < 4.78 is 36.8. The standard InChI is InChI=1S/C11H11F2NO2.C6H4ClN3O/c1-16-7-3-8(12)11(9(13)4-7)6-2-10(15)14-5-6;7-3-1-4-5(9-2-3)6(8)10-11-4/h3-4,6H,2,5H2,1H3,(H,14,15);1-2H,(H2,8,10). The van der Waals surface area contributed by atoms with Crippen LogP contribution in [0.15, 0.2) is 28.9 Å². The van der Waals surface area contributed by atoms with E-state index in [1.165, 1.54) is 13.3 Å². The predicted molar refractivity (Wildman–Crippen MR) is 94.5 cm³/mol. The van der Waals surface area contributed by atoms with Crippen molar-refractivity contribution in [1.29, 1.82) is 0 Å². The zero-order valence-corrected chi connectivity index (χ0v) is 14.9. The van der Waals surface area contributed by atoms with E-state index in [0.717, 1.165) is 12.1 Å². The van der Waals surface area contributed by atoms with Crippen LogP contribution in [-0.2, 0) is 4.79 Å². The summed E-state index contributed by atoms with van der Waals surface area (Å²) in [7, 11) is 1.34. The van der Waals surface area contributed by atoms with Crippen molar-refractivity contribution in [2.24, 2.45) is 0 Å². The van der Waals surface area contributed by atoms with E-state index < -0.39 is 17.6 Å². The zero-order valence-electron chi connectivity index (χ0n) is 14.1. The molecule has 1 atom stereocenters. The first-order valence-electron chi connectivity index (χ1n) is 7.85. The molecule has 1 unspecified atom stereocenters. The Labute approximate surface area is 157 Å². The van der Waals surface area contributed by atoms with Crippen LogP contribution in [0.5, 0.6) is 5.75 Å². The summed E-state index contributed by atoms with van der Waals surface area (Å²) in [6.45, 7) is 0.277. The maximum absolute atomic E-state index is 13.6. The number of pyridine rings is 1. The summed E-state index contributed by atoms with van der Waals surface area (Å²) in [6, 6.07) is 3.87. The molecule has 0 radical (unpaired) electrons. The Kier molecular flexibility index (Phi) is 5.41. The first kappa shape index (κ1) is 18.8. The molecule has 1 aliphatic rings. The van der Waals surface area contributed by atoms with Gasteiger partial charge in [-0.15, -0.1) is 0 Å². The van der Waals surface area contributed by atoms with Gasteiger partial charge in [0.25, 0.3) is 0 Å². The number of nitrogen functional groups attached to an aromatic ring is 1. The molecule has 1 saturated heterocycles. The molecule has 1 fully saturated rings. The smallest absolute Gasteiger partial charge is 0.220 e. The van der Waals surface area contributed by atoms with Crippen molar-refractivity contribution in [2.75, 3.05) is 19.4 Å². The fourth-order valence-corrected chi connectivity index (χ4v) is 2.85. The molecule has 10 heteroatoms. The Balaban J connectivity index is 0.000000166. The Morgan fingerprint density at radius 1 is 1.33 bits per heavy atom. The van der Waals surface area contributed by atoms with Crippen LogP contribution in [0.4, 0.5) is 14.6 Å². The molecule has 3 N–H and O–H groups in total. The van der Waals surface area contributed by atoms with Crippen molar-refractivity contribution in [2.45, 2.75) is 12.3 Å². The normalized spacial score (nSPS) is 16.0. The Bertz CT molecular complexity index is 972. The number of amides is 1. The van der Waals surface area contributed by atoms with E-state index in [1.807, 2.05) is 0 Å². The Hall–Kier alpha value is -2.94. The monoisotopic (exact) mass is 396 g/mol. The number of aromatic nitrogens is 2. The number of nitrogens with zero attached hydrogens (tertiary/aromatic N) is 2. The van der Waals surface area contributed by atoms with Crippen LogP contribution in [0.25, 0.3) is 11.1 Å². The molecular weight excluding hydrogens is 382 g/mol. The average molecular weight is 397 g/mol. The van der Waals surface area contributed by atoms with E-state index in [4.69, 9.17) is 26.6 Å². The highest BCUT2D eigenvalue weighted by molar-refractivity contribution is 6.31. The van der Waals surface area contributed by atoms with E-state index in [9.17, 15) is 13.6 Å². The third kappa shape index (κ3) is 4.08. The molecule has 27 heavy (non-hydrogen) atoms. The second-order valence-corrected chi connectivity index (χ2v) is 6.21. The maximum atomic E-state index is 13.6. The van der Waals surface area contributed by atoms with Gasteiger partial charge in [0.2, 0.25) is 5.91 Å². The fraction of sp³-hybridized carbons (Fsp3) is 0.235. The second-order valence-electron chi connectivity index (χ2n) is 5.78. The Morgan fingerprint density at radius 2 is 2.04 bits per heavy atom. The van der Waals surface area contributed by atoms with Gasteiger partial charge in [0.05, 0.1) is 12.1 Å². The predicted octanol–water partition coefficient (Wildman–Crippen LogP) is 3.04. The van der Waals surface area contributed by atoms with Crippen LogP contribution in [-0.4, -0.2) is 29.7 Å². The lowest BCUT2D eigenvalue weighted by Gasteiger charge is -2.11. The van der Waals surface area contributed by atoms with E-state index >= 15 is 0 Å². The van der Waals surface area contributed by atoms with E-state index in [-0.39, 0.29) is 36.0 Å². The lowest BCUT2D eigenvalue weighted by atomic mass is 9.97. The van der Waals surface area contributed by atoms with Gasteiger partial charge in [-0.25, -0.2) is 13.8 Å². The first-order chi connectivity index (χ1) is 12.9. The van der Waals surface area contributed by atoms with E-state index in [1.54, 1.807) is 6.07 Å². The largest absolute Gasteiger partial charge is 0.497 e. The first-order valence-corrected chi connectivity index (χ1v) is 8.23. The molecule has 0 spiro atoms. The van der Waals surface area contributed by atoms with Gasteiger partial charge in [0.1, 0.15) is 17.4 Å². The topological polar surface area (TPSA) is 103 Å². The van der Waals surface area contributed by atoms with E-state index in [0.29, 0.717) is 16.1 Å². The average Bonchev–Trinajstić information content (AvgIpc) is 3.20. The fourth-order valence-electron chi connectivity index (χ4n) is 2.70. The Morgan fingerprint density at radius 3 is 2.63 bits per heavy atom. The number of halogens is 3.